The number of piperidine rings is 1. The quantitative estimate of drug-likeness (QED) is 0.656. The first kappa shape index (κ1) is 24.9. The summed E-state index contributed by atoms with van der Waals surface area (Å²) in [5.74, 6) is -1.14. The van der Waals surface area contributed by atoms with Crippen molar-refractivity contribution >= 4 is 23.4 Å². The van der Waals surface area contributed by atoms with E-state index in [1.165, 1.54) is 34.2 Å². The topological polar surface area (TPSA) is 122 Å². The summed E-state index contributed by atoms with van der Waals surface area (Å²) in [5, 5.41) is 19.5. The fourth-order valence-corrected chi connectivity index (χ4v) is 5.28. The zero-order valence-corrected chi connectivity index (χ0v) is 20.2. The second-order valence-electron chi connectivity index (χ2n) is 9.25. The smallest absolute Gasteiger partial charge is 0.410 e. The summed E-state index contributed by atoms with van der Waals surface area (Å²) in [4.78, 5) is 44.2. The number of carbonyl (C=O) groups is 2. The van der Waals surface area contributed by atoms with Crippen LogP contribution in [0.25, 0.3) is 0 Å². The lowest BCUT2D eigenvalue weighted by Gasteiger charge is -2.36. The van der Waals surface area contributed by atoms with E-state index in [4.69, 9.17) is 9.72 Å². The zero-order chi connectivity index (χ0) is 24.3. The van der Waals surface area contributed by atoms with Crippen LogP contribution in [0, 0.1) is 12.8 Å². The molecule has 1 aliphatic rings. The van der Waals surface area contributed by atoms with E-state index >= 15 is 0 Å². The zero-order valence-electron chi connectivity index (χ0n) is 19.4. The molecule has 2 N–H and O–H groups in total. The minimum Gasteiger partial charge on any atom is -0.478 e. The van der Waals surface area contributed by atoms with Crippen LogP contribution in [0.5, 0.6) is 0 Å². The number of hydrogen-bond acceptors (Lipinski definition) is 7. The maximum absolute atomic E-state index is 12.8. The Hall–Kier alpha value is -2.72. The van der Waals surface area contributed by atoms with Crippen LogP contribution in [0.3, 0.4) is 0 Å². The van der Waals surface area contributed by atoms with Crippen molar-refractivity contribution in [3.05, 3.63) is 49.8 Å². The maximum Gasteiger partial charge on any atom is 0.410 e. The van der Waals surface area contributed by atoms with Crippen LogP contribution in [-0.2, 0) is 11.2 Å². The van der Waals surface area contributed by atoms with Gasteiger partial charge in [-0.05, 0) is 52.5 Å². The number of aliphatic hydroxyl groups excluding tert-OH is 1. The van der Waals surface area contributed by atoms with Gasteiger partial charge in [0.15, 0.2) is 0 Å². The highest BCUT2D eigenvalue weighted by Gasteiger charge is 2.34. The van der Waals surface area contributed by atoms with Gasteiger partial charge in [0.1, 0.15) is 10.6 Å². The third-order valence-corrected chi connectivity index (χ3v) is 6.91. The van der Waals surface area contributed by atoms with E-state index in [1.807, 2.05) is 27.7 Å². The number of thiazole rings is 1. The molecule has 1 aliphatic heterocycles. The molecule has 1 fully saturated rings. The van der Waals surface area contributed by atoms with Crippen molar-refractivity contribution in [3.8, 4) is 0 Å². The molecular formula is C23H31N3O6S. The predicted molar refractivity (Wildman–Crippen MR) is 124 cm³/mol. The molecule has 1 saturated heterocycles. The minimum absolute atomic E-state index is 0.00410. The molecular weight excluding hydrogens is 446 g/mol. The lowest BCUT2D eigenvalue weighted by atomic mass is 9.89. The van der Waals surface area contributed by atoms with Crippen LogP contribution in [0.1, 0.15) is 65.6 Å². The van der Waals surface area contributed by atoms with E-state index in [9.17, 15) is 24.6 Å². The maximum atomic E-state index is 12.8. The van der Waals surface area contributed by atoms with Crippen molar-refractivity contribution in [2.75, 3.05) is 19.7 Å². The summed E-state index contributed by atoms with van der Waals surface area (Å²) in [6.45, 7) is 8.27. The number of ether oxygens (including phenoxy) is 1. The molecule has 0 saturated carbocycles. The molecule has 2 aromatic heterocycles. The molecule has 180 valence electrons. The largest absolute Gasteiger partial charge is 0.478 e. The molecule has 3 rings (SSSR count). The van der Waals surface area contributed by atoms with Crippen LogP contribution in [0.15, 0.2) is 23.1 Å². The Morgan fingerprint density at radius 2 is 1.94 bits per heavy atom. The van der Waals surface area contributed by atoms with Gasteiger partial charge in [-0.2, -0.15) is 0 Å². The van der Waals surface area contributed by atoms with Crippen LogP contribution in [0.4, 0.5) is 4.79 Å². The first-order chi connectivity index (χ1) is 15.5. The number of aliphatic hydroxyl groups is 1. The molecule has 2 aromatic rings. The average Bonchev–Trinajstić information content (AvgIpc) is 3.09. The molecule has 1 atom stereocenters. The molecule has 0 radical (unpaired) electrons. The number of rotatable bonds is 6. The number of aromatic nitrogens is 2. The van der Waals surface area contributed by atoms with Crippen LogP contribution in [-0.4, -0.2) is 62.0 Å². The normalized spacial score (nSPS) is 16.0. The Labute approximate surface area is 196 Å². The highest BCUT2D eigenvalue weighted by atomic mass is 32.1. The number of carboxylic acids is 1. The molecule has 1 amide bonds. The molecule has 0 aliphatic carbocycles. The Morgan fingerprint density at radius 1 is 1.27 bits per heavy atom. The van der Waals surface area contributed by atoms with E-state index in [0.29, 0.717) is 37.4 Å². The monoisotopic (exact) mass is 477 g/mol. The van der Waals surface area contributed by atoms with Crippen molar-refractivity contribution in [2.45, 2.75) is 58.6 Å². The molecule has 0 spiro atoms. The lowest BCUT2D eigenvalue weighted by molar-refractivity contribution is 0.0168. The van der Waals surface area contributed by atoms with Gasteiger partial charge in [-0.1, -0.05) is 0 Å². The third kappa shape index (κ3) is 6.00. The number of nitrogens with zero attached hydrogens (tertiary/aromatic N) is 3. The summed E-state index contributed by atoms with van der Waals surface area (Å²) in [7, 11) is 0. The predicted octanol–water partition coefficient (Wildman–Crippen LogP) is 3.08. The number of aromatic carboxylic acids is 1. The van der Waals surface area contributed by atoms with Gasteiger partial charge in [0.25, 0.3) is 5.56 Å². The van der Waals surface area contributed by atoms with Crippen LogP contribution in [0.2, 0.25) is 0 Å². The molecule has 9 nitrogen and oxygen atoms in total. The summed E-state index contributed by atoms with van der Waals surface area (Å²) >= 11 is 1.44. The first-order valence-electron chi connectivity index (χ1n) is 11.0. The van der Waals surface area contributed by atoms with Crippen molar-refractivity contribution < 1.29 is 24.5 Å². The molecule has 0 aromatic carbocycles. The van der Waals surface area contributed by atoms with E-state index in [0.717, 1.165) is 10.6 Å². The Kier molecular flexibility index (Phi) is 7.58. The average molecular weight is 478 g/mol. The summed E-state index contributed by atoms with van der Waals surface area (Å²) in [6.07, 6.45) is 2.70. The molecule has 0 bridgehead atoms. The van der Waals surface area contributed by atoms with Gasteiger partial charge >= 0.3 is 12.1 Å². The van der Waals surface area contributed by atoms with Crippen molar-refractivity contribution in [1.29, 1.82) is 0 Å². The SMILES string of the molecule is Cc1nc([C@@H](C2CCN(C(=O)OC(C)(C)C)CC2)n2cc(C(=O)O)ccc2=O)sc1CCO. The standard InChI is InChI=1S/C23H31N3O6S/c1-14-17(9-12-27)33-20(24-14)19(26-13-16(21(29)30)5-6-18(26)28)15-7-10-25(11-8-15)22(31)32-23(2,3)4/h5-6,13,15,19,27H,7-12H2,1-4H3,(H,29,30)/t19-/m1/s1. The van der Waals surface area contributed by atoms with Crippen LogP contribution < -0.4 is 5.56 Å². The number of hydrogen-bond donors (Lipinski definition) is 2. The van der Waals surface area contributed by atoms with Gasteiger partial charge < -0.3 is 24.4 Å². The second-order valence-corrected chi connectivity index (χ2v) is 10.4. The van der Waals surface area contributed by atoms with Gasteiger partial charge in [0.2, 0.25) is 0 Å². The number of aryl methyl sites for hydroxylation is 1. The van der Waals surface area contributed by atoms with Crippen LogP contribution >= 0.6 is 11.3 Å². The second kappa shape index (κ2) is 10.0. The van der Waals surface area contributed by atoms with Gasteiger partial charge in [-0.15, -0.1) is 11.3 Å². The number of pyridine rings is 1. The summed E-state index contributed by atoms with van der Waals surface area (Å²) in [5.41, 5.74) is -0.0729. The Morgan fingerprint density at radius 3 is 2.52 bits per heavy atom. The van der Waals surface area contributed by atoms with Gasteiger partial charge in [-0.3, -0.25) is 4.79 Å². The van der Waals surface area contributed by atoms with Gasteiger partial charge in [-0.25, -0.2) is 14.6 Å². The van der Waals surface area contributed by atoms with Gasteiger partial charge in [0.05, 0.1) is 17.3 Å². The molecule has 33 heavy (non-hydrogen) atoms. The van der Waals surface area contributed by atoms with Gasteiger partial charge in [0, 0.05) is 43.3 Å². The molecule has 10 heteroatoms. The Bertz CT molecular complexity index is 1060. The highest BCUT2D eigenvalue weighted by molar-refractivity contribution is 7.11. The van der Waals surface area contributed by atoms with Crippen molar-refractivity contribution in [1.82, 2.24) is 14.5 Å². The third-order valence-electron chi connectivity index (χ3n) is 5.62. The van der Waals surface area contributed by atoms with E-state index in [-0.39, 0.29) is 29.7 Å². The fourth-order valence-electron chi connectivity index (χ4n) is 4.03. The first-order valence-corrected chi connectivity index (χ1v) is 11.8. The van der Waals surface area contributed by atoms with E-state index in [2.05, 4.69) is 0 Å². The van der Waals surface area contributed by atoms with Crippen molar-refractivity contribution in [3.63, 3.8) is 0 Å². The number of amides is 1. The number of carbonyl (C=O) groups excluding carboxylic acids is 1. The number of likely N-dealkylation sites (tertiary alicyclic amines) is 1. The molecule has 0 unspecified atom stereocenters. The van der Waals surface area contributed by atoms with E-state index in [1.54, 1.807) is 4.90 Å². The summed E-state index contributed by atoms with van der Waals surface area (Å²) in [6, 6.07) is 2.10. The Balaban J connectivity index is 1.94. The summed E-state index contributed by atoms with van der Waals surface area (Å²) < 4.78 is 6.94. The molecule has 3 heterocycles. The lowest BCUT2D eigenvalue weighted by Crippen LogP contribution is -2.44. The fraction of sp³-hybridized carbons (Fsp3) is 0.565. The minimum atomic E-state index is -1.11. The van der Waals surface area contributed by atoms with E-state index < -0.39 is 17.6 Å². The van der Waals surface area contributed by atoms with Crippen molar-refractivity contribution in [2.24, 2.45) is 5.92 Å². The highest BCUT2D eigenvalue weighted by Crippen LogP contribution is 2.37. The number of carboxylic acid groups (broad SMARTS) is 1.